The summed E-state index contributed by atoms with van der Waals surface area (Å²) in [6.07, 6.45) is 0. The fraction of sp³-hybridized carbons (Fsp3) is 0.286. The fourth-order valence-electron chi connectivity index (χ4n) is 1.84. The maximum Gasteiger partial charge on any atom is 0.0322 e. The summed E-state index contributed by atoms with van der Waals surface area (Å²) in [4.78, 5) is 5.05. The van der Waals surface area contributed by atoms with E-state index in [0.29, 0.717) is 0 Å². The van der Waals surface area contributed by atoms with Gasteiger partial charge in [0.05, 0.1) is 0 Å². The molecule has 0 atom stereocenters. The Hall–Kier alpha value is -0.830. The van der Waals surface area contributed by atoms with Crippen molar-refractivity contribution in [2.45, 2.75) is 13.5 Å². The number of benzene rings is 1. The van der Waals surface area contributed by atoms with Gasteiger partial charge in [-0.25, -0.2) is 0 Å². The Morgan fingerprint density at radius 3 is 2.35 bits per heavy atom. The van der Waals surface area contributed by atoms with Gasteiger partial charge >= 0.3 is 0 Å². The molecule has 0 fully saturated rings. The molecule has 0 radical (unpaired) electrons. The van der Waals surface area contributed by atoms with E-state index in [2.05, 4.69) is 62.3 Å². The van der Waals surface area contributed by atoms with E-state index in [0.717, 1.165) is 6.54 Å². The third-order valence-corrected chi connectivity index (χ3v) is 3.56. The van der Waals surface area contributed by atoms with Crippen LogP contribution in [0, 0.1) is 6.92 Å². The summed E-state index contributed by atoms with van der Waals surface area (Å²) >= 11 is 1.90. The Labute approximate surface area is 114 Å². The highest BCUT2D eigenvalue weighted by molar-refractivity contribution is 7.12. The molecule has 0 bridgehead atoms. The van der Waals surface area contributed by atoms with Crippen LogP contribution in [-0.2, 0) is 6.54 Å². The first kappa shape index (κ1) is 14.2. The highest BCUT2D eigenvalue weighted by atomic mass is 35.5. The van der Waals surface area contributed by atoms with Crippen LogP contribution in [0.5, 0.6) is 0 Å². The number of rotatable bonds is 3. The van der Waals surface area contributed by atoms with E-state index in [1.54, 1.807) is 0 Å². The predicted octanol–water partition coefficient (Wildman–Crippen LogP) is 4.21. The van der Waals surface area contributed by atoms with E-state index in [1.165, 1.54) is 20.9 Å². The zero-order valence-corrected chi connectivity index (χ0v) is 12.1. The Kier molecular flexibility index (Phi) is 5.19. The van der Waals surface area contributed by atoms with Crippen molar-refractivity contribution in [3.63, 3.8) is 0 Å². The smallest absolute Gasteiger partial charge is 0.0322 e. The Bertz CT molecular complexity index is 462. The number of hydrogen-bond donors (Lipinski definition) is 0. The van der Waals surface area contributed by atoms with Gasteiger partial charge in [0, 0.05) is 16.3 Å². The molecule has 0 saturated carbocycles. The van der Waals surface area contributed by atoms with Crippen LogP contribution in [0.3, 0.4) is 0 Å². The first-order valence-electron chi connectivity index (χ1n) is 5.46. The molecule has 0 unspecified atom stereocenters. The lowest BCUT2D eigenvalue weighted by atomic mass is 10.1. The molecule has 1 nitrogen and oxygen atoms in total. The minimum absolute atomic E-state index is 0. The second-order valence-electron chi connectivity index (χ2n) is 4.29. The zero-order valence-electron chi connectivity index (χ0n) is 10.4. The number of thiophene rings is 1. The molecule has 0 aliphatic heterocycles. The molecular weight excluding hydrogens is 250 g/mol. The van der Waals surface area contributed by atoms with E-state index in [9.17, 15) is 0 Å². The van der Waals surface area contributed by atoms with E-state index in [1.807, 2.05) is 11.3 Å². The lowest BCUT2D eigenvalue weighted by Crippen LogP contribution is -2.09. The van der Waals surface area contributed by atoms with Crippen LogP contribution < -0.4 is 0 Å². The first-order chi connectivity index (χ1) is 7.66. The molecule has 0 N–H and O–H groups in total. The summed E-state index contributed by atoms with van der Waals surface area (Å²) in [5.74, 6) is 0. The van der Waals surface area contributed by atoms with Crippen LogP contribution in [0.25, 0.3) is 11.1 Å². The zero-order chi connectivity index (χ0) is 11.5. The van der Waals surface area contributed by atoms with Gasteiger partial charge in [-0.15, -0.1) is 23.7 Å². The van der Waals surface area contributed by atoms with Crippen molar-refractivity contribution in [1.29, 1.82) is 0 Å². The molecule has 3 heteroatoms. The molecule has 0 saturated heterocycles. The highest BCUT2D eigenvalue weighted by Gasteiger charge is 2.07. The summed E-state index contributed by atoms with van der Waals surface area (Å²) < 4.78 is 0. The van der Waals surface area contributed by atoms with Crippen molar-refractivity contribution in [2.24, 2.45) is 0 Å². The molecule has 0 aliphatic rings. The number of nitrogens with zero attached hydrogens (tertiary/aromatic N) is 1. The highest BCUT2D eigenvalue weighted by Crippen LogP contribution is 2.31. The van der Waals surface area contributed by atoms with Gasteiger partial charge < -0.3 is 4.90 Å². The van der Waals surface area contributed by atoms with Crippen LogP contribution in [0.1, 0.15) is 9.75 Å². The maximum absolute atomic E-state index is 2.31. The number of hydrogen-bond acceptors (Lipinski definition) is 2. The molecule has 1 aromatic heterocycles. The third kappa shape index (κ3) is 3.56. The molecule has 0 amide bonds. The van der Waals surface area contributed by atoms with Crippen molar-refractivity contribution in [1.82, 2.24) is 4.90 Å². The lowest BCUT2D eigenvalue weighted by Gasteiger charge is -2.05. The normalized spacial score (nSPS) is 10.4. The number of aryl methyl sites for hydroxylation is 1. The van der Waals surface area contributed by atoms with Crippen molar-refractivity contribution in [2.75, 3.05) is 14.1 Å². The van der Waals surface area contributed by atoms with E-state index in [-0.39, 0.29) is 12.4 Å². The van der Waals surface area contributed by atoms with E-state index >= 15 is 0 Å². The molecule has 1 heterocycles. The van der Waals surface area contributed by atoms with Crippen molar-refractivity contribution >= 4 is 23.7 Å². The molecule has 0 aliphatic carbocycles. The summed E-state index contributed by atoms with van der Waals surface area (Å²) in [5.41, 5.74) is 2.70. The van der Waals surface area contributed by atoms with Crippen molar-refractivity contribution < 1.29 is 0 Å². The average molecular weight is 268 g/mol. The molecule has 1 aromatic carbocycles. The largest absolute Gasteiger partial charge is 0.304 e. The van der Waals surface area contributed by atoms with Gasteiger partial charge in [-0.3, -0.25) is 0 Å². The molecular formula is C14H18ClNS. The predicted molar refractivity (Wildman–Crippen MR) is 79.1 cm³/mol. The van der Waals surface area contributed by atoms with Gasteiger partial charge in [0.25, 0.3) is 0 Å². The van der Waals surface area contributed by atoms with E-state index < -0.39 is 0 Å². The number of halogens is 1. The molecule has 0 spiro atoms. The molecule has 2 rings (SSSR count). The summed E-state index contributed by atoms with van der Waals surface area (Å²) in [5, 5.41) is 0. The Balaban J connectivity index is 0.00000144. The monoisotopic (exact) mass is 267 g/mol. The molecule has 2 aromatic rings. The Morgan fingerprint density at radius 2 is 1.76 bits per heavy atom. The van der Waals surface area contributed by atoms with Gasteiger partial charge in [0.1, 0.15) is 0 Å². The van der Waals surface area contributed by atoms with Crippen LogP contribution in [0.15, 0.2) is 36.4 Å². The summed E-state index contributed by atoms with van der Waals surface area (Å²) in [6.45, 7) is 3.23. The SMILES string of the molecule is Cc1sc(CN(C)C)cc1-c1ccccc1.Cl. The minimum Gasteiger partial charge on any atom is -0.304 e. The average Bonchev–Trinajstić information content (AvgIpc) is 2.60. The topological polar surface area (TPSA) is 3.24 Å². The van der Waals surface area contributed by atoms with Crippen LogP contribution in [0.2, 0.25) is 0 Å². The van der Waals surface area contributed by atoms with Gasteiger partial charge in [-0.2, -0.15) is 0 Å². The van der Waals surface area contributed by atoms with Gasteiger partial charge in [-0.05, 0) is 38.2 Å². The Morgan fingerprint density at radius 1 is 1.12 bits per heavy atom. The summed E-state index contributed by atoms with van der Waals surface area (Å²) in [7, 11) is 4.22. The lowest BCUT2D eigenvalue weighted by molar-refractivity contribution is 0.406. The van der Waals surface area contributed by atoms with Crippen LogP contribution in [-0.4, -0.2) is 19.0 Å². The summed E-state index contributed by atoms with van der Waals surface area (Å²) in [6, 6.07) is 12.9. The maximum atomic E-state index is 2.31. The second-order valence-corrected chi connectivity index (χ2v) is 5.63. The van der Waals surface area contributed by atoms with E-state index in [4.69, 9.17) is 0 Å². The molecule has 17 heavy (non-hydrogen) atoms. The second kappa shape index (κ2) is 6.20. The standard InChI is InChI=1S/C14H17NS.ClH/c1-11-14(12-7-5-4-6-8-12)9-13(16-11)10-15(2)3;/h4-9H,10H2,1-3H3;1H. The first-order valence-corrected chi connectivity index (χ1v) is 6.28. The van der Waals surface area contributed by atoms with Gasteiger partial charge in [0.15, 0.2) is 0 Å². The van der Waals surface area contributed by atoms with Crippen molar-refractivity contribution in [3.05, 3.63) is 46.2 Å². The van der Waals surface area contributed by atoms with Gasteiger partial charge in [0.2, 0.25) is 0 Å². The molecule has 92 valence electrons. The van der Waals surface area contributed by atoms with Gasteiger partial charge in [-0.1, -0.05) is 30.3 Å². The third-order valence-electron chi connectivity index (χ3n) is 2.53. The minimum atomic E-state index is 0. The van der Waals surface area contributed by atoms with Crippen LogP contribution in [0.4, 0.5) is 0 Å². The van der Waals surface area contributed by atoms with Crippen LogP contribution >= 0.6 is 23.7 Å². The fourth-order valence-corrected chi connectivity index (χ4v) is 3.02. The van der Waals surface area contributed by atoms with Crippen molar-refractivity contribution in [3.8, 4) is 11.1 Å². The quantitative estimate of drug-likeness (QED) is 0.805.